The van der Waals surface area contributed by atoms with Crippen molar-refractivity contribution in [2.24, 2.45) is 0 Å². The molecular weight excluding hydrogens is 310 g/mol. The number of ether oxygens (including phenoxy) is 3. The Morgan fingerprint density at radius 2 is 1.79 bits per heavy atom. The molecule has 0 radical (unpaired) electrons. The minimum Gasteiger partial charge on any atom is -0.496 e. The standard InChI is InChI=1S/C17H21N3O4/c1-22-14-8-16(24-3)15(23-2)6-11(14)9-18-17(21)13-7-12(19-20-13)10-4-5-10/h6-8,10H,4-5,9H2,1-3H3,(H,18,21)(H,19,20). The van der Waals surface area contributed by atoms with E-state index in [1.54, 1.807) is 33.5 Å². The summed E-state index contributed by atoms with van der Waals surface area (Å²) in [6, 6.07) is 5.34. The fraction of sp³-hybridized carbons (Fsp3) is 0.412. The normalized spacial score (nSPS) is 13.5. The molecule has 3 rings (SSSR count). The molecule has 0 spiro atoms. The monoisotopic (exact) mass is 331 g/mol. The van der Waals surface area contributed by atoms with E-state index in [4.69, 9.17) is 14.2 Å². The van der Waals surface area contributed by atoms with Gasteiger partial charge in [0.05, 0.1) is 21.3 Å². The van der Waals surface area contributed by atoms with Crippen LogP contribution in [0.2, 0.25) is 0 Å². The molecule has 1 aliphatic carbocycles. The lowest BCUT2D eigenvalue weighted by Crippen LogP contribution is -2.23. The lowest BCUT2D eigenvalue weighted by atomic mass is 10.1. The first-order valence-electron chi connectivity index (χ1n) is 7.78. The van der Waals surface area contributed by atoms with Crippen molar-refractivity contribution in [3.05, 3.63) is 35.2 Å². The van der Waals surface area contributed by atoms with Gasteiger partial charge in [0.1, 0.15) is 11.4 Å². The van der Waals surface area contributed by atoms with E-state index < -0.39 is 0 Å². The highest BCUT2D eigenvalue weighted by Crippen LogP contribution is 2.39. The molecule has 1 aromatic heterocycles. The summed E-state index contributed by atoms with van der Waals surface area (Å²) in [7, 11) is 4.70. The van der Waals surface area contributed by atoms with Crippen LogP contribution in [0.4, 0.5) is 0 Å². The Labute approximate surface area is 140 Å². The summed E-state index contributed by atoms with van der Waals surface area (Å²) < 4.78 is 15.9. The third-order valence-corrected chi connectivity index (χ3v) is 4.07. The van der Waals surface area contributed by atoms with Crippen LogP contribution in [0.25, 0.3) is 0 Å². The number of carbonyl (C=O) groups is 1. The topological polar surface area (TPSA) is 85.5 Å². The van der Waals surface area contributed by atoms with Gasteiger partial charge in [-0.2, -0.15) is 5.10 Å². The van der Waals surface area contributed by atoms with Crippen LogP contribution in [-0.2, 0) is 6.54 Å². The van der Waals surface area contributed by atoms with E-state index in [0.29, 0.717) is 35.4 Å². The quantitative estimate of drug-likeness (QED) is 0.813. The van der Waals surface area contributed by atoms with E-state index in [1.807, 2.05) is 6.07 Å². The van der Waals surface area contributed by atoms with Crippen molar-refractivity contribution in [3.8, 4) is 17.2 Å². The van der Waals surface area contributed by atoms with E-state index in [1.165, 1.54) is 0 Å². The second-order valence-corrected chi connectivity index (χ2v) is 5.68. The summed E-state index contributed by atoms with van der Waals surface area (Å²) in [5, 5.41) is 9.86. The first-order chi connectivity index (χ1) is 11.7. The highest BCUT2D eigenvalue weighted by Gasteiger charge is 2.26. The summed E-state index contributed by atoms with van der Waals surface area (Å²) in [5.74, 6) is 2.08. The Hall–Kier alpha value is -2.70. The smallest absolute Gasteiger partial charge is 0.272 e. The lowest BCUT2D eigenvalue weighted by Gasteiger charge is -2.14. The van der Waals surface area contributed by atoms with Crippen LogP contribution in [-0.4, -0.2) is 37.4 Å². The maximum Gasteiger partial charge on any atom is 0.272 e. The second-order valence-electron chi connectivity index (χ2n) is 5.68. The number of aromatic amines is 1. The number of hydrogen-bond donors (Lipinski definition) is 2. The van der Waals surface area contributed by atoms with Crippen molar-refractivity contribution < 1.29 is 19.0 Å². The van der Waals surface area contributed by atoms with Gasteiger partial charge in [-0.15, -0.1) is 0 Å². The minimum atomic E-state index is -0.227. The number of amides is 1. The Bertz CT molecular complexity index is 737. The molecule has 0 unspecified atom stereocenters. The van der Waals surface area contributed by atoms with Crippen molar-refractivity contribution in [2.45, 2.75) is 25.3 Å². The Kier molecular flexibility index (Phi) is 4.59. The third-order valence-electron chi connectivity index (χ3n) is 4.07. The number of methoxy groups -OCH3 is 3. The molecule has 0 saturated heterocycles. The second kappa shape index (κ2) is 6.82. The van der Waals surface area contributed by atoms with Gasteiger partial charge in [0, 0.05) is 29.8 Å². The molecule has 1 fully saturated rings. The summed E-state index contributed by atoms with van der Waals surface area (Å²) in [4.78, 5) is 12.3. The molecule has 1 amide bonds. The average Bonchev–Trinajstić information content (AvgIpc) is 3.35. The van der Waals surface area contributed by atoms with E-state index in [0.717, 1.165) is 24.1 Å². The van der Waals surface area contributed by atoms with Crippen LogP contribution in [0.15, 0.2) is 18.2 Å². The number of hydrogen-bond acceptors (Lipinski definition) is 5. The van der Waals surface area contributed by atoms with Gasteiger partial charge < -0.3 is 19.5 Å². The Morgan fingerprint density at radius 3 is 2.42 bits per heavy atom. The van der Waals surface area contributed by atoms with E-state index in [2.05, 4.69) is 15.5 Å². The highest BCUT2D eigenvalue weighted by atomic mass is 16.5. The van der Waals surface area contributed by atoms with Crippen molar-refractivity contribution in [1.29, 1.82) is 0 Å². The van der Waals surface area contributed by atoms with Gasteiger partial charge in [0.25, 0.3) is 5.91 Å². The van der Waals surface area contributed by atoms with Crippen molar-refractivity contribution in [3.63, 3.8) is 0 Å². The maximum atomic E-state index is 12.3. The number of H-pyrrole nitrogens is 1. The van der Waals surface area contributed by atoms with Gasteiger partial charge >= 0.3 is 0 Å². The molecule has 0 atom stereocenters. The van der Waals surface area contributed by atoms with Gasteiger partial charge in [0.2, 0.25) is 0 Å². The van der Waals surface area contributed by atoms with Gasteiger partial charge in [-0.1, -0.05) is 0 Å². The SMILES string of the molecule is COc1cc(OC)c(OC)cc1CNC(=O)c1cc(C2CC2)[nH]n1. The minimum absolute atomic E-state index is 0.227. The van der Waals surface area contributed by atoms with Crippen LogP contribution < -0.4 is 19.5 Å². The number of rotatable bonds is 7. The first kappa shape index (κ1) is 16.2. The fourth-order valence-electron chi connectivity index (χ4n) is 2.55. The molecule has 1 heterocycles. The zero-order chi connectivity index (χ0) is 17.1. The number of carbonyl (C=O) groups excluding carboxylic acids is 1. The average molecular weight is 331 g/mol. The summed E-state index contributed by atoms with van der Waals surface area (Å²) >= 11 is 0. The summed E-state index contributed by atoms with van der Waals surface area (Å²) in [6.45, 7) is 0.300. The first-order valence-corrected chi connectivity index (χ1v) is 7.78. The molecule has 7 nitrogen and oxygen atoms in total. The third kappa shape index (κ3) is 3.29. The number of nitrogens with zero attached hydrogens (tertiary/aromatic N) is 1. The van der Waals surface area contributed by atoms with E-state index >= 15 is 0 Å². The molecule has 1 aromatic carbocycles. The van der Waals surface area contributed by atoms with Gasteiger partial charge in [-0.25, -0.2) is 0 Å². The number of benzene rings is 1. The fourth-order valence-corrected chi connectivity index (χ4v) is 2.55. The van der Waals surface area contributed by atoms with Crippen LogP contribution >= 0.6 is 0 Å². The highest BCUT2D eigenvalue weighted by molar-refractivity contribution is 5.92. The Morgan fingerprint density at radius 1 is 1.12 bits per heavy atom. The Balaban J connectivity index is 1.71. The maximum absolute atomic E-state index is 12.3. The molecular formula is C17H21N3O4. The van der Waals surface area contributed by atoms with Crippen molar-refractivity contribution in [2.75, 3.05) is 21.3 Å². The van der Waals surface area contributed by atoms with Gasteiger partial charge in [-0.3, -0.25) is 9.89 Å². The molecule has 0 aliphatic heterocycles. The number of aromatic nitrogens is 2. The van der Waals surface area contributed by atoms with Crippen molar-refractivity contribution in [1.82, 2.24) is 15.5 Å². The predicted octanol–water partition coefficient (Wildman–Crippen LogP) is 2.24. The molecule has 1 aliphatic rings. The molecule has 2 N–H and O–H groups in total. The lowest BCUT2D eigenvalue weighted by molar-refractivity contribution is 0.0945. The molecule has 7 heteroatoms. The van der Waals surface area contributed by atoms with Crippen LogP contribution in [0.3, 0.4) is 0 Å². The van der Waals surface area contributed by atoms with E-state index in [-0.39, 0.29) is 5.91 Å². The summed E-state index contributed by atoms with van der Waals surface area (Å²) in [5.41, 5.74) is 2.22. The van der Waals surface area contributed by atoms with Gasteiger partial charge in [-0.05, 0) is 25.0 Å². The predicted molar refractivity (Wildman–Crippen MR) is 87.8 cm³/mol. The van der Waals surface area contributed by atoms with E-state index in [9.17, 15) is 4.79 Å². The number of nitrogens with one attached hydrogen (secondary N) is 2. The van der Waals surface area contributed by atoms with Crippen molar-refractivity contribution >= 4 is 5.91 Å². The van der Waals surface area contributed by atoms with Crippen LogP contribution in [0.1, 0.15) is 40.5 Å². The molecule has 1 saturated carbocycles. The molecule has 0 bridgehead atoms. The largest absolute Gasteiger partial charge is 0.496 e. The zero-order valence-electron chi connectivity index (χ0n) is 14.0. The zero-order valence-corrected chi connectivity index (χ0v) is 14.0. The van der Waals surface area contributed by atoms with Crippen LogP contribution in [0, 0.1) is 0 Å². The molecule has 24 heavy (non-hydrogen) atoms. The molecule has 128 valence electrons. The molecule has 2 aromatic rings. The van der Waals surface area contributed by atoms with Gasteiger partial charge in [0.15, 0.2) is 11.5 Å². The van der Waals surface area contributed by atoms with Crippen LogP contribution in [0.5, 0.6) is 17.2 Å². The summed E-state index contributed by atoms with van der Waals surface area (Å²) in [6.07, 6.45) is 2.32.